The molecule has 1 heterocycles. The highest BCUT2D eigenvalue weighted by molar-refractivity contribution is 6.07. The van der Waals surface area contributed by atoms with Crippen LogP contribution in [0.3, 0.4) is 0 Å². The number of amides is 3. The Morgan fingerprint density at radius 3 is 2.36 bits per heavy atom. The van der Waals surface area contributed by atoms with Crippen LogP contribution >= 0.6 is 0 Å². The fourth-order valence-electron chi connectivity index (χ4n) is 4.75. The molecule has 1 aliphatic heterocycles. The van der Waals surface area contributed by atoms with Crippen LogP contribution in [0.25, 0.3) is 0 Å². The van der Waals surface area contributed by atoms with Crippen LogP contribution < -0.4 is 15.1 Å². The number of fused-ring (bicyclic) bond motifs is 2. The lowest BCUT2D eigenvalue weighted by molar-refractivity contribution is -0.138. The van der Waals surface area contributed by atoms with Gasteiger partial charge < -0.3 is 20.2 Å². The van der Waals surface area contributed by atoms with E-state index >= 15 is 0 Å². The van der Waals surface area contributed by atoms with Crippen LogP contribution in [0.2, 0.25) is 0 Å². The Labute approximate surface area is 192 Å². The summed E-state index contributed by atoms with van der Waals surface area (Å²) < 4.78 is 0. The van der Waals surface area contributed by atoms with E-state index in [0.717, 1.165) is 12.0 Å². The monoisotopic (exact) mass is 449 g/mol. The van der Waals surface area contributed by atoms with E-state index in [2.05, 4.69) is 5.32 Å². The van der Waals surface area contributed by atoms with Crippen molar-refractivity contribution in [3.63, 3.8) is 0 Å². The molecule has 4 rings (SSSR count). The van der Waals surface area contributed by atoms with E-state index < -0.39 is 11.9 Å². The molecule has 2 atom stereocenters. The summed E-state index contributed by atoms with van der Waals surface area (Å²) in [6.07, 6.45) is 1.78. The number of hydrogen-bond acceptors (Lipinski definition) is 4. The van der Waals surface area contributed by atoms with Crippen LogP contribution in [0.5, 0.6) is 0 Å². The second kappa shape index (κ2) is 9.85. The summed E-state index contributed by atoms with van der Waals surface area (Å²) in [4.78, 5) is 53.1. The normalized spacial score (nSPS) is 19.5. The summed E-state index contributed by atoms with van der Waals surface area (Å²) in [5.74, 6) is -2.16. The van der Waals surface area contributed by atoms with Crippen molar-refractivity contribution >= 4 is 35.1 Å². The molecule has 2 aliphatic rings. The van der Waals surface area contributed by atoms with E-state index in [4.69, 9.17) is 5.11 Å². The first-order valence-electron chi connectivity index (χ1n) is 11.2. The van der Waals surface area contributed by atoms with Crippen molar-refractivity contribution in [2.75, 3.05) is 16.3 Å². The average molecular weight is 450 g/mol. The maximum atomic E-state index is 13.6. The lowest BCUT2D eigenvalue weighted by atomic mass is 10.0. The topological polar surface area (TPSA) is 107 Å². The van der Waals surface area contributed by atoms with Gasteiger partial charge in [-0.2, -0.15) is 0 Å². The average Bonchev–Trinajstić information content (AvgIpc) is 3.27. The second-order valence-corrected chi connectivity index (χ2v) is 8.44. The Hall–Kier alpha value is -3.68. The number of para-hydroxylation sites is 2. The Morgan fingerprint density at radius 1 is 0.939 bits per heavy atom. The standard InChI is InChI=1S/C25H27N3O5/c29-22(13-14-24(31)32)26-15-23(30)28-19-12-6-9-18(19)25(33)27(16-17-7-2-1-3-8-17)20-10-4-5-11-21(20)28/h1-5,7-8,10-11,18-19H,6,9,12-16H2,(H,26,29)(H,31,32)/t18-,19+/m0/s1. The van der Waals surface area contributed by atoms with Crippen LogP contribution in [0.4, 0.5) is 11.4 Å². The van der Waals surface area contributed by atoms with Crippen molar-refractivity contribution < 1.29 is 24.3 Å². The number of carboxylic acid groups (broad SMARTS) is 1. The highest BCUT2D eigenvalue weighted by Crippen LogP contribution is 2.43. The maximum Gasteiger partial charge on any atom is 0.303 e. The summed E-state index contributed by atoms with van der Waals surface area (Å²) in [5, 5.41) is 11.3. The first-order chi connectivity index (χ1) is 16.0. The Morgan fingerprint density at radius 2 is 1.64 bits per heavy atom. The lowest BCUT2D eigenvalue weighted by Gasteiger charge is -2.30. The number of carboxylic acids is 1. The highest BCUT2D eigenvalue weighted by atomic mass is 16.4. The number of carbonyl (C=O) groups excluding carboxylic acids is 3. The van der Waals surface area contributed by atoms with Gasteiger partial charge in [0.1, 0.15) is 0 Å². The van der Waals surface area contributed by atoms with Crippen molar-refractivity contribution in [2.45, 2.75) is 44.7 Å². The van der Waals surface area contributed by atoms with Crippen molar-refractivity contribution in [2.24, 2.45) is 5.92 Å². The van der Waals surface area contributed by atoms with E-state index in [1.807, 2.05) is 54.6 Å². The van der Waals surface area contributed by atoms with Gasteiger partial charge in [-0.3, -0.25) is 19.2 Å². The Bertz CT molecular complexity index is 1060. The molecular formula is C25H27N3O5. The number of carbonyl (C=O) groups is 4. The van der Waals surface area contributed by atoms with Crippen LogP contribution in [0.15, 0.2) is 54.6 Å². The first-order valence-corrected chi connectivity index (χ1v) is 11.2. The zero-order valence-corrected chi connectivity index (χ0v) is 18.3. The Balaban J connectivity index is 1.63. The number of nitrogens with one attached hydrogen (secondary N) is 1. The maximum absolute atomic E-state index is 13.6. The van der Waals surface area contributed by atoms with Crippen LogP contribution in [0, 0.1) is 5.92 Å². The number of rotatable bonds is 7. The molecule has 172 valence electrons. The molecule has 0 saturated heterocycles. The minimum Gasteiger partial charge on any atom is -0.481 e. The number of hydrogen-bond donors (Lipinski definition) is 2. The van der Waals surface area contributed by atoms with E-state index in [-0.39, 0.29) is 43.2 Å². The van der Waals surface area contributed by atoms with Gasteiger partial charge in [0.25, 0.3) is 0 Å². The third-order valence-electron chi connectivity index (χ3n) is 6.28. The van der Waals surface area contributed by atoms with Gasteiger partial charge in [0.05, 0.1) is 36.8 Å². The number of anilines is 2. The van der Waals surface area contributed by atoms with Crippen molar-refractivity contribution in [3.8, 4) is 0 Å². The third-order valence-corrected chi connectivity index (χ3v) is 6.28. The minimum atomic E-state index is -1.07. The fraction of sp³-hybridized carbons (Fsp3) is 0.360. The fourth-order valence-corrected chi connectivity index (χ4v) is 4.75. The van der Waals surface area contributed by atoms with Crippen LogP contribution in [-0.4, -0.2) is 41.4 Å². The Kier molecular flexibility index (Phi) is 6.72. The van der Waals surface area contributed by atoms with Gasteiger partial charge in [-0.15, -0.1) is 0 Å². The number of nitrogens with zero attached hydrogens (tertiary/aromatic N) is 2. The number of aliphatic carboxylic acids is 1. The predicted molar refractivity (Wildman–Crippen MR) is 123 cm³/mol. The highest BCUT2D eigenvalue weighted by Gasteiger charge is 2.45. The molecule has 8 heteroatoms. The molecule has 0 radical (unpaired) electrons. The summed E-state index contributed by atoms with van der Waals surface area (Å²) in [7, 11) is 0. The van der Waals surface area contributed by atoms with Crippen molar-refractivity contribution in [1.29, 1.82) is 0 Å². The predicted octanol–water partition coefficient (Wildman–Crippen LogP) is 2.72. The molecule has 8 nitrogen and oxygen atoms in total. The van der Waals surface area contributed by atoms with E-state index in [0.29, 0.717) is 30.8 Å². The molecule has 2 aromatic carbocycles. The van der Waals surface area contributed by atoms with Gasteiger partial charge in [0, 0.05) is 12.5 Å². The largest absolute Gasteiger partial charge is 0.481 e. The molecule has 0 spiro atoms. The second-order valence-electron chi connectivity index (χ2n) is 8.44. The van der Waals surface area contributed by atoms with Crippen molar-refractivity contribution in [1.82, 2.24) is 5.32 Å². The summed E-state index contributed by atoms with van der Waals surface area (Å²) in [6.45, 7) is 0.163. The van der Waals surface area contributed by atoms with Gasteiger partial charge in [0.15, 0.2) is 0 Å². The summed E-state index contributed by atoms with van der Waals surface area (Å²) >= 11 is 0. The van der Waals surface area contributed by atoms with Crippen molar-refractivity contribution in [3.05, 3.63) is 60.2 Å². The molecule has 2 N–H and O–H groups in total. The zero-order valence-electron chi connectivity index (χ0n) is 18.3. The smallest absolute Gasteiger partial charge is 0.303 e. The molecule has 1 aliphatic carbocycles. The molecule has 1 fully saturated rings. The molecule has 3 amide bonds. The lowest BCUT2D eigenvalue weighted by Crippen LogP contribution is -2.48. The van der Waals surface area contributed by atoms with Gasteiger partial charge in [-0.05, 0) is 30.5 Å². The molecule has 33 heavy (non-hydrogen) atoms. The van der Waals surface area contributed by atoms with Crippen LogP contribution in [0.1, 0.15) is 37.7 Å². The third kappa shape index (κ3) is 4.89. The molecule has 0 unspecified atom stereocenters. The van der Waals surface area contributed by atoms with Gasteiger partial charge in [-0.1, -0.05) is 48.9 Å². The van der Waals surface area contributed by atoms with Gasteiger partial charge in [0.2, 0.25) is 17.7 Å². The SMILES string of the molecule is O=C(O)CCC(=O)NCC(=O)N1c2ccccc2N(Cc2ccccc2)C(=O)[C@H]2CCC[C@H]21. The van der Waals surface area contributed by atoms with Gasteiger partial charge >= 0.3 is 5.97 Å². The molecule has 2 aromatic rings. The van der Waals surface area contributed by atoms with E-state index in [9.17, 15) is 19.2 Å². The first kappa shape index (κ1) is 22.5. The van der Waals surface area contributed by atoms with Gasteiger partial charge in [-0.25, -0.2) is 0 Å². The minimum absolute atomic E-state index is 0.00889. The number of benzene rings is 2. The molecule has 1 saturated carbocycles. The molecular weight excluding hydrogens is 422 g/mol. The van der Waals surface area contributed by atoms with Crippen LogP contribution in [-0.2, 0) is 25.7 Å². The summed E-state index contributed by atoms with van der Waals surface area (Å²) in [6, 6.07) is 16.9. The quantitative estimate of drug-likeness (QED) is 0.676. The van der Waals surface area contributed by atoms with E-state index in [1.54, 1.807) is 9.80 Å². The molecule has 0 bridgehead atoms. The molecule has 0 aromatic heterocycles. The zero-order chi connectivity index (χ0) is 23.4. The van der Waals surface area contributed by atoms with E-state index in [1.165, 1.54) is 0 Å². The summed E-state index contributed by atoms with van der Waals surface area (Å²) in [5.41, 5.74) is 2.33.